The van der Waals surface area contributed by atoms with E-state index in [0.29, 0.717) is 25.0 Å². The van der Waals surface area contributed by atoms with Crippen molar-refractivity contribution in [3.05, 3.63) is 70.6 Å². The summed E-state index contributed by atoms with van der Waals surface area (Å²) in [6.45, 7) is 15.3. The fourth-order valence-corrected chi connectivity index (χ4v) is 8.54. The lowest BCUT2D eigenvalue weighted by Gasteiger charge is -2.37. The molecule has 0 saturated carbocycles. The van der Waals surface area contributed by atoms with Crippen LogP contribution in [0.4, 0.5) is 0 Å². The maximum atomic E-state index is 14.1. The Kier molecular flexibility index (Phi) is 16.5. The molecule has 314 valence electrons. The van der Waals surface area contributed by atoms with Crippen molar-refractivity contribution in [3.63, 3.8) is 0 Å². The minimum absolute atomic E-state index is 0.0334. The van der Waals surface area contributed by atoms with Gasteiger partial charge in [0.25, 0.3) is 0 Å². The lowest BCUT2D eigenvalue weighted by atomic mass is 9.85. The average Bonchev–Trinajstić information content (AvgIpc) is 3.76. The summed E-state index contributed by atoms with van der Waals surface area (Å²) in [5.41, 5.74) is 11.4. The molecule has 3 heterocycles. The zero-order valence-electron chi connectivity index (χ0n) is 34.7. The van der Waals surface area contributed by atoms with E-state index in [0.717, 1.165) is 46.5 Å². The molecule has 3 amide bonds. The minimum atomic E-state index is -1.36. The van der Waals surface area contributed by atoms with E-state index >= 15 is 0 Å². The summed E-state index contributed by atoms with van der Waals surface area (Å²) in [6, 6.07) is 9.54. The SMILES string of the molecule is Cc1ncsc1-c1ccc([C@H](C)NC(=O)[C@@H]2C[C@@H](O)CN2C(=O)C(NC(O)CCCCCc2ccnc([C@H](CCC(N)=O)NS(=O)C(C)(C)C)c2)C(C)(C)C)cc1. The summed E-state index contributed by atoms with van der Waals surface area (Å²) in [7, 11) is -1.36. The van der Waals surface area contributed by atoms with E-state index < -0.39 is 57.5 Å². The van der Waals surface area contributed by atoms with E-state index in [9.17, 15) is 28.8 Å². The van der Waals surface area contributed by atoms with E-state index in [1.807, 2.05) is 97.3 Å². The van der Waals surface area contributed by atoms with E-state index in [1.54, 1.807) is 17.5 Å². The fraction of sp³-hybridized carbons (Fsp3) is 0.595. The van der Waals surface area contributed by atoms with Crippen molar-refractivity contribution < 1.29 is 28.8 Å². The number of hydrogen-bond donors (Lipinski definition) is 6. The minimum Gasteiger partial charge on any atom is -0.391 e. The molecule has 0 spiro atoms. The molecule has 0 aliphatic carbocycles. The molecule has 7 N–H and O–H groups in total. The van der Waals surface area contributed by atoms with E-state index in [4.69, 9.17) is 5.73 Å². The second-order valence-electron chi connectivity index (χ2n) is 17.2. The monoisotopic (exact) mass is 825 g/mol. The number of carbonyl (C=O) groups excluding carboxylic acids is 3. The van der Waals surface area contributed by atoms with Gasteiger partial charge in [-0.05, 0) is 101 Å². The number of hydrogen-bond acceptors (Lipinski definition) is 10. The summed E-state index contributed by atoms with van der Waals surface area (Å²) < 4.78 is 15.5. The normalized spacial score (nSPS) is 18.8. The summed E-state index contributed by atoms with van der Waals surface area (Å²) in [6.07, 6.45) is 4.16. The van der Waals surface area contributed by atoms with Gasteiger partial charge in [-0.3, -0.25) is 24.7 Å². The highest BCUT2D eigenvalue weighted by molar-refractivity contribution is 7.84. The Hall–Kier alpha value is -3.60. The highest BCUT2D eigenvalue weighted by Crippen LogP contribution is 2.30. The molecule has 3 aromatic rings. The first kappa shape index (κ1) is 46.1. The number of nitrogens with zero attached hydrogens (tertiary/aromatic N) is 3. The number of likely N-dealkylation sites (tertiary alicyclic amines) is 1. The molecule has 1 aliphatic heterocycles. The van der Waals surface area contributed by atoms with Crippen molar-refractivity contribution in [1.29, 1.82) is 0 Å². The Balaban J connectivity index is 1.30. The van der Waals surface area contributed by atoms with Crippen molar-refractivity contribution in [3.8, 4) is 10.4 Å². The quantitative estimate of drug-likeness (QED) is 0.0700. The molecule has 1 saturated heterocycles. The molecule has 13 nitrogen and oxygen atoms in total. The topological polar surface area (TPSA) is 200 Å². The number of thiazole rings is 1. The van der Waals surface area contributed by atoms with Crippen molar-refractivity contribution in [2.75, 3.05) is 6.54 Å². The van der Waals surface area contributed by atoms with Crippen LogP contribution >= 0.6 is 11.3 Å². The van der Waals surface area contributed by atoms with Crippen molar-refractivity contribution >= 4 is 40.0 Å². The first-order valence-electron chi connectivity index (χ1n) is 19.9. The van der Waals surface area contributed by atoms with Crippen LogP contribution < -0.4 is 21.1 Å². The van der Waals surface area contributed by atoms with Crippen LogP contribution in [0.3, 0.4) is 0 Å². The number of benzene rings is 1. The van der Waals surface area contributed by atoms with Gasteiger partial charge >= 0.3 is 0 Å². The van der Waals surface area contributed by atoms with Gasteiger partial charge in [0, 0.05) is 25.6 Å². The number of amides is 3. The van der Waals surface area contributed by atoms with Crippen LogP contribution in [-0.2, 0) is 31.8 Å². The fourth-order valence-electron chi connectivity index (χ4n) is 6.88. The van der Waals surface area contributed by atoms with Gasteiger partial charge in [0.1, 0.15) is 12.3 Å². The van der Waals surface area contributed by atoms with Gasteiger partial charge in [0.15, 0.2) is 0 Å². The third kappa shape index (κ3) is 13.5. The average molecular weight is 826 g/mol. The maximum Gasteiger partial charge on any atom is 0.243 e. The number of aryl methyl sites for hydroxylation is 2. The molecule has 4 rings (SSSR count). The molecular weight excluding hydrogens is 763 g/mol. The smallest absolute Gasteiger partial charge is 0.243 e. The van der Waals surface area contributed by atoms with Gasteiger partial charge in [0.2, 0.25) is 17.7 Å². The molecule has 0 radical (unpaired) electrons. The third-order valence-electron chi connectivity index (χ3n) is 10.2. The van der Waals surface area contributed by atoms with Crippen LogP contribution in [0.25, 0.3) is 10.4 Å². The number of primary amides is 1. The lowest BCUT2D eigenvalue weighted by Crippen LogP contribution is -2.58. The van der Waals surface area contributed by atoms with E-state index in [2.05, 4.69) is 25.3 Å². The number of β-amino-alcohol motifs (C(OH)–C–C–N with tert-alkyl or cyclic N) is 1. The number of nitrogens with two attached hydrogens (primary N) is 1. The Labute approximate surface area is 344 Å². The van der Waals surface area contributed by atoms with Crippen LogP contribution in [0.1, 0.15) is 128 Å². The zero-order valence-corrected chi connectivity index (χ0v) is 36.3. The number of aliphatic hydroxyl groups excluding tert-OH is 2. The van der Waals surface area contributed by atoms with Crippen LogP contribution in [0.2, 0.25) is 0 Å². The second-order valence-corrected chi connectivity index (χ2v) is 20.1. The molecule has 1 aromatic carbocycles. The van der Waals surface area contributed by atoms with Crippen molar-refractivity contribution in [2.45, 2.75) is 148 Å². The summed E-state index contributed by atoms with van der Waals surface area (Å²) >= 11 is 1.58. The Morgan fingerprint density at radius 1 is 1.04 bits per heavy atom. The Bertz CT molecular complexity index is 1820. The number of nitrogens with one attached hydrogen (secondary N) is 3. The van der Waals surface area contributed by atoms with E-state index in [-0.39, 0.29) is 37.2 Å². The summed E-state index contributed by atoms with van der Waals surface area (Å²) in [5.74, 6) is -1.09. The van der Waals surface area contributed by atoms with Crippen molar-refractivity contribution in [1.82, 2.24) is 30.2 Å². The first-order chi connectivity index (χ1) is 26.7. The maximum absolute atomic E-state index is 14.1. The number of pyridine rings is 1. The molecule has 57 heavy (non-hydrogen) atoms. The molecule has 3 unspecified atom stereocenters. The van der Waals surface area contributed by atoms with Crippen LogP contribution in [0.15, 0.2) is 48.1 Å². The second kappa shape index (κ2) is 20.4. The van der Waals surface area contributed by atoms with Crippen molar-refractivity contribution in [2.24, 2.45) is 11.1 Å². The Morgan fingerprint density at radius 2 is 1.74 bits per heavy atom. The van der Waals surface area contributed by atoms with Gasteiger partial charge in [-0.25, -0.2) is 13.9 Å². The molecule has 2 aromatic heterocycles. The van der Waals surface area contributed by atoms with Crippen LogP contribution in [-0.4, -0.2) is 82.7 Å². The lowest BCUT2D eigenvalue weighted by molar-refractivity contribution is -0.143. The number of unbranched alkanes of at least 4 members (excludes halogenated alkanes) is 2. The summed E-state index contributed by atoms with van der Waals surface area (Å²) in [4.78, 5) is 50.7. The predicted octanol–water partition coefficient (Wildman–Crippen LogP) is 5.14. The molecule has 15 heteroatoms. The molecule has 7 atom stereocenters. The number of carbonyl (C=O) groups is 3. The number of aliphatic hydroxyl groups is 2. The van der Waals surface area contributed by atoms with E-state index in [1.165, 1.54) is 4.90 Å². The molecule has 0 bridgehead atoms. The predicted molar refractivity (Wildman–Crippen MR) is 226 cm³/mol. The standard InChI is InChI=1S/C42H63N7O6S2/c1-26(29-14-16-30(17-15-29)37-27(2)45-25-56-37)46-39(53)34-23-31(50)24-49(34)40(54)38(41(3,4)5)47-36(52)13-11-9-10-12-28-20-21-44-33(22-28)32(18-19-35(43)51)48-57(55)42(6,7)8/h14-17,20-22,25-26,31-32,34,36,38,47-48,50,52H,9-13,18-19,23-24H2,1-8H3,(H2,43,51)(H,46,53)/t26-,31+,32-,34-,36?,38?,57?/m0/s1. The first-order valence-corrected chi connectivity index (χ1v) is 21.9. The molecule has 1 aliphatic rings. The van der Waals surface area contributed by atoms with Gasteiger partial charge < -0.3 is 26.2 Å². The van der Waals surface area contributed by atoms with Gasteiger partial charge in [-0.2, -0.15) is 0 Å². The zero-order chi connectivity index (χ0) is 42.1. The van der Waals surface area contributed by atoms with Gasteiger partial charge in [-0.15, -0.1) is 11.3 Å². The summed E-state index contributed by atoms with van der Waals surface area (Å²) in [5, 5.41) is 27.9. The van der Waals surface area contributed by atoms with Crippen LogP contribution in [0.5, 0.6) is 0 Å². The highest BCUT2D eigenvalue weighted by Gasteiger charge is 2.44. The van der Waals surface area contributed by atoms with Gasteiger partial charge in [0.05, 0.1) is 61.7 Å². The largest absolute Gasteiger partial charge is 0.391 e. The molecular formula is C42H63N7O6S2. The molecule has 1 fully saturated rings. The highest BCUT2D eigenvalue weighted by atomic mass is 32.2. The number of aromatic nitrogens is 2. The Morgan fingerprint density at radius 3 is 2.35 bits per heavy atom. The van der Waals surface area contributed by atoms with Gasteiger partial charge in [-0.1, -0.05) is 51.5 Å². The third-order valence-corrected chi connectivity index (χ3v) is 12.8. The van der Waals surface area contributed by atoms with Crippen LogP contribution in [0, 0.1) is 12.3 Å². The number of rotatable bonds is 19.